The van der Waals surface area contributed by atoms with Gasteiger partial charge < -0.3 is 30.7 Å². The van der Waals surface area contributed by atoms with Gasteiger partial charge in [0.1, 0.15) is 0 Å². The number of aromatic amines is 2. The molecule has 12 nitrogen and oxygen atoms in total. The number of carbonyl (C=O) groups is 3. The Labute approximate surface area is 429 Å². The number of benzene rings is 3. The Hall–Kier alpha value is -5.17. The number of carbonyl (C=O) groups excluding carboxylic acids is 3. The third-order valence-corrected chi connectivity index (χ3v) is 17.2. The normalized spacial score (nSPS) is 26.3. The third kappa shape index (κ3) is 11.2. The molecule has 2 aromatic heterocycles. The maximum absolute atomic E-state index is 11.3. The summed E-state index contributed by atoms with van der Waals surface area (Å²) in [7, 11) is 2.02. The molecule has 5 heterocycles. The molecule has 3 aliphatic carbocycles. The summed E-state index contributed by atoms with van der Waals surface area (Å²) in [6.45, 7) is 20.4. The number of anilines is 1. The fourth-order valence-electron chi connectivity index (χ4n) is 14.4. The number of rotatable bonds is 13. The summed E-state index contributed by atoms with van der Waals surface area (Å²) < 4.78 is 5.34. The zero-order chi connectivity index (χ0) is 50.5. The average molecular weight is 981 g/mol. The molecular formula is C60H84N8O4. The summed E-state index contributed by atoms with van der Waals surface area (Å²) in [5.74, 6) is 3.23. The minimum absolute atomic E-state index is 0.0813. The molecule has 12 heteroatoms. The van der Waals surface area contributed by atoms with Gasteiger partial charge in [-0.2, -0.15) is 0 Å². The molecule has 388 valence electrons. The molecule has 3 aromatic carbocycles. The second-order valence-corrected chi connectivity index (χ2v) is 22.2. The number of hydrogen-bond donors (Lipinski definition) is 5. The van der Waals surface area contributed by atoms with E-state index in [9.17, 15) is 14.4 Å². The van der Waals surface area contributed by atoms with Crippen molar-refractivity contribution in [3.8, 4) is 0 Å². The molecule has 3 aliphatic heterocycles. The second kappa shape index (κ2) is 23.4. The highest BCUT2D eigenvalue weighted by molar-refractivity contribution is 5.89. The number of nitrogens with one attached hydrogen (secondary N) is 5. The van der Waals surface area contributed by atoms with Crippen LogP contribution in [0.15, 0.2) is 67.0 Å². The van der Waals surface area contributed by atoms with Gasteiger partial charge in [0.15, 0.2) is 0 Å². The van der Waals surface area contributed by atoms with Gasteiger partial charge in [-0.05, 0) is 147 Å². The summed E-state index contributed by atoms with van der Waals surface area (Å²) in [5.41, 5.74) is 12.8. The summed E-state index contributed by atoms with van der Waals surface area (Å²) in [5, 5.41) is 12.3. The van der Waals surface area contributed by atoms with E-state index in [4.69, 9.17) is 4.74 Å². The first kappa shape index (κ1) is 51.7. The average Bonchev–Trinajstić information content (AvgIpc) is 4.00. The first-order chi connectivity index (χ1) is 35.0. The summed E-state index contributed by atoms with van der Waals surface area (Å²) in [6, 6.07) is 21.9. The van der Waals surface area contributed by atoms with Gasteiger partial charge >= 0.3 is 5.97 Å². The lowest BCUT2D eigenvalue weighted by molar-refractivity contribution is -0.143. The number of H-pyrrole nitrogens is 2. The lowest BCUT2D eigenvalue weighted by Gasteiger charge is -2.48. The molecule has 0 saturated carbocycles. The summed E-state index contributed by atoms with van der Waals surface area (Å²) in [4.78, 5) is 48.8. The van der Waals surface area contributed by atoms with E-state index in [1.807, 2.05) is 7.05 Å². The number of esters is 1. The van der Waals surface area contributed by atoms with Crippen molar-refractivity contribution in [2.24, 2.45) is 17.8 Å². The van der Waals surface area contributed by atoms with Crippen molar-refractivity contribution in [2.45, 2.75) is 142 Å². The zero-order valence-corrected chi connectivity index (χ0v) is 44.5. The molecular weight excluding hydrogens is 897 g/mol. The summed E-state index contributed by atoms with van der Waals surface area (Å²) in [6.07, 6.45) is 16.1. The van der Waals surface area contributed by atoms with E-state index in [-0.39, 0.29) is 17.8 Å². The number of nitrogens with zero attached hydrogens (tertiary/aromatic N) is 3. The van der Waals surface area contributed by atoms with Crippen LogP contribution < -0.4 is 16.0 Å². The van der Waals surface area contributed by atoms with Crippen LogP contribution >= 0.6 is 0 Å². The van der Waals surface area contributed by atoms with Crippen LogP contribution in [0.25, 0.3) is 21.8 Å². The number of fused-ring (bicyclic) bond motifs is 7. The van der Waals surface area contributed by atoms with Crippen molar-refractivity contribution in [3.05, 3.63) is 100 Å². The Bertz CT molecular complexity index is 2530. The van der Waals surface area contributed by atoms with Gasteiger partial charge in [0.2, 0.25) is 11.8 Å². The maximum atomic E-state index is 11.3. The smallest absolute Gasteiger partial charge is 0.302 e. The standard InChI is InChI=1S/C20H27N3O.C20H31N3O.C20H26N2O2/c1-3-7-23-12-14(10-21-13(2)24)8-17-16-5-4-6-18-20(16)15(11-22-18)9-19(17)23;1-4-10-23-13-15(12-22-14(2)24)11-18-16-6-5-7-19(21-3)17(16)8-9-20(18)23;1-3-7-22-11-14(12-24-13(2)23)8-17-16-5-4-6-18-20(16)15(10-21-18)9-19(17)22/h4-6,11,14,17,19,22H,3,7-10,12H2,1-2H3,(H,21,24);5-7,15,18,20-21H,4,8-13H2,1-3H3,(H,22,24);4-6,10,14,17,19,21H,3,7-9,11-12H2,1-2H3/t14-,17+,19+;15-,18+,20+;14-,17-,19-/m001/s1. The molecule has 11 rings (SSSR count). The number of amides is 2. The minimum Gasteiger partial charge on any atom is -0.466 e. The Balaban J connectivity index is 0.000000133. The van der Waals surface area contributed by atoms with Crippen LogP contribution in [0.4, 0.5) is 5.69 Å². The van der Waals surface area contributed by atoms with Crippen LogP contribution in [0.3, 0.4) is 0 Å². The molecule has 9 atom stereocenters. The van der Waals surface area contributed by atoms with Crippen molar-refractivity contribution in [3.63, 3.8) is 0 Å². The van der Waals surface area contributed by atoms with Gasteiger partial charge in [0, 0.05) is 142 Å². The molecule has 0 spiro atoms. The van der Waals surface area contributed by atoms with E-state index in [0.29, 0.717) is 60.2 Å². The molecule has 0 unspecified atom stereocenters. The fourth-order valence-corrected chi connectivity index (χ4v) is 14.4. The number of likely N-dealkylation sites (tertiary alicyclic amines) is 3. The number of aromatic nitrogens is 2. The van der Waals surface area contributed by atoms with Crippen LogP contribution in [0.5, 0.6) is 0 Å². The van der Waals surface area contributed by atoms with Gasteiger partial charge in [0.05, 0.1) is 6.61 Å². The number of ether oxygens (including phenoxy) is 1. The lowest BCUT2D eigenvalue weighted by Crippen LogP contribution is -2.52. The summed E-state index contributed by atoms with van der Waals surface area (Å²) >= 11 is 0. The zero-order valence-electron chi connectivity index (χ0n) is 44.5. The van der Waals surface area contributed by atoms with E-state index in [1.54, 1.807) is 13.8 Å². The highest BCUT2D eigenvalue weighted by Gasteiger charge is 2.43. The molecule has 5 N–H and O–H groups in total. The van der Waals surface area contributed by atoms with Crippen molar-refractivity contribution in [1.29, 1.82) is 0 Å². The third-order valence-electron chi connectivity index (χ3n) is 17.2. The van der Waals surface area contributed by atoms with Crippen molar-refractivity contribution in [2.75, 3.05) is 71.3 Å². The predicted octanol–water partition coefficient (Wildman–Crippen LogP) is 9.51. The Morgan fingerprint density at radius 3 is 1.56 bits per heavy atom. The Morgan fingerprint density at radius 1 is 0.611 bits per heavy atom. The van der Waals surface area contributed by atoms with Crippen molar-refractivity contribution in [1.82, 2.24) is 35.3 Å². The van der Waals surface area contributed by atoms with Gasteiger partial charge in [-0.25, -0.2) is 0 Å². The second-order valence-electron chi connectivity index (χ2n) is 22.2. The molecule has 5 aromatic rings. The molecule has 3 saturated heterocycles. The maximum Gasteiger partial charge on any atom is 0.302 e. The van der Waals surface area contributed by atoms with Crippen LogP contribution in [0.1, 0.15) is 138 Å². The van der Waals surface area contributed by atoms with Crippen molar-refractivity contribution < 1.29 is 19.1 Å². The Morgan fingerprint density at radius 2 is 1.07 bits per heavy atom. The van der Waals surface area contributed by atoms with E-state index in [1.165, 1.54) is 113 Å². The largest absolute Gasteiger partial charge is 0.466 e. The molecule has 0 bridgehead atoms. The molecule has 3 fully saturated rings. The van der Waals surface area contributed by atoms with E-state index >= 15 is 0 Å². The monoisotopic (exact) mass is 981 g/mol. The predicted molar refractivity (Wildman–Crippen MR) is 292 cm³/mol. The van der Waals surface area contributed by atoms with E-state index < -0.39 is 0 Å². The molecule has 2 amide bonds. The van der Waals surface area contributed by atoms with Crippen LogP contribution in [-0.2, 0) is 38.4 Å². The van der Waals surface area contributed by atoms with Crippen molar-refractivity contribution >= 4 is 45.3 Å². The van der Waals surface area contributed by atoms with E-state index in [2.05, 4.69) is 128 Å². The van der Waals surface area contributed by atoms with Crippen LogP contribution in [0, 0.1) is 17.8 Å². The lowest BCUT2D eigenvalue weighted by atomic mass is 9.71. The van der Waals surface area contributed by atoms with Gasteiger partial charge in [0.25, 0.3) is 0 Å². The topological polar surface area (TPSA) is 138 Å². The SMILES string of the molecule is CCCN1C[C@H](CNC(C)=O)C[C@@H]2c3cccc(NC)c3CC[C@H]21.CCCN1C[C@H](CNC(C)=O)C[C@@H]2c3cccc4[nH]cc(c34)C[C@H]21.CCCN1C[C@H](COC(C)=O)C[C@@H]2c3cccc4[nH]cc(c34)C[C@H]21. The van der Waals surface area contributed by atoms with Gasteiger partial charge in [-0.15, -0.1) is 0 Å². The quantitative estimate of drug-likeness (QED) is 0.0737. The molecule has 72 heavy (non-hydrogen) atoms. The number of piperidine rings is 3. The number of hydrogen-bond acceptors (Lipinski definition) is 8. The highest BCUT2D eigenvalue weighted by atomic mass is 16.5. The minimum atomic E-state index is -0.169. The first-order valence-corrected chi connectivity index (χ1v) is 27.8. The Kier molecular flexibility index (Phi) is 16.8. The molecule has 6 aliphatic rings. The van der Waals surface area contributed by atoms with Gasteiger partial charge in [-0.3, -0.25) is 29.1 Å². The first-order valence-electron chi connectivity index (χ1n) is 27.8. The fraction of sp³-hybridized carbons (Fsp3) is 0.583. The molecule has 0 radical (unpaired) electrons. The van der Waals surface area contributed by atoms with Crippen LogP contribution in [0.2, 0.25) is 0 Å². The highest BCUT2D eigenvalue weighted by Crippen LogP contribution is 2.47. The van der Waals surface area contributed by atoms with Gasteiger partial charge in [-0.1, -0.05) is 57.2 Å². The van der Waals surface area contributed by atoms with Crippen LogP contribution in [-0.4, -0.2) is 127 Å². The van der Waals surface area contributed by atoms with E-state index in [0.717, 1.165) is 71.5 Å².